The van der Waals surface area contributed by atoms with Gasteiger partial charge < -0.3 is 19.9 Å². The molecule has 0 saturated carbocycles. The Hall–Kier alpha value is -2.70. The van der Waals surface area contributed by atoms with Crippen LogP contribution in [0.15, 0.2) is 23.0 Å². The zero-order valence-electron chi connectivity index (χ0n) is 14.9. The van der Waals surface area contributed by atoms with Crippen LogP contribution in [0, 0.1) is 6.92 Å². The molecule has 0 saturated heterocycles. The van der Waals surface area contributed by atoms with Gasteiger partial charge in [-0.2, -0.15) is 0 Å². The van der Waals surface area contributed by atoms with Crippen LogP contribution in [0.5, 0.6) is 11.5 Å². The van der Waals surface area contributed by atoms with E-state index in [9.17, 15) is 9.59 Å². The number of benzene rings is 1. The van der Waals surface area contributed by atoms with Gasteiger partial charge in [-0.15, -0.1) is 0 Å². The minimum atomic E-state index is -0.418. The van der Waals surface area contributed by atoms with E-state index in [1.54, 1.807) is 14.0 Å². The fraction of sp³-hybridized carbons (Fsp3) is 0.444. The van der Waals surface area contributed by atoms with E-state index in [0.717, 1.165) is 5.56 Å². The second kappa shape index (κ2) is 6.31. The summed E-state index contributed by atoms with van der Waals surface area (Å²) in [5, 5.41) is 8.26. The first kappa shape index (κ1) is 17.1. The first-order valence-corrected chi connectivity index (χ1v) is 8.21. The number of methoxy groups -OCH3 is 1. The molecule has 0 fully saturated rings. The van der Waals surface area contributed by atoms with Gasteiger partial charge >= 0.3 is 0 Å². The molecule has 134 valence electrons. The standard InChI is InChI=1S/C18H23N3O4/c1-10-13(17(23)21-20-10)8-16(22)19-14-9-18(2,3)25-15-7-11(24-4)5-6-12(14)15/h5-7,14H,8-9H2,1-4H3,(H,19,22)(H2,20,21,23). The average molecular weight is 345 g/mol. The molecular weight excluding hydrogens is 322 g/mol. The van der Waals surface area contributed by atoms with Crippen molar-refractivity contribution >= 4 is 5.91 Å². The maximum absolute atomic E-state index is 12.5. The molecule has 1 unspecified atom stereocenters. The quantitative estimate of drug-likeness (QED) is 0.789. The Morgan fingerprint density at radius 2 is 2.16 bits per heavy atom. The number of H-pyrrole nitrogens is 2. The Morgan fingerprint density at radius 1 is 1.40 bits per heavy atom. The van der Waals surface area contributed by atoms with E-state index < -0.39 is 5.60 Å². The molecule has 0 spiro atoms. The van der Waals surface area contributed by atoms with Crippen LogP contribution in [-0.4, -0.2) is 28.8 Å². The van der Waals surface area contributed by atoms with Crippen molar-refractivity contribution in [1.29, 1.82) is 0 Å². The number of rotatable bonds is 4. The summed E-state index contributed by atoms with van der Waals surface area (Å²) in [5.41, 5.74) is 1.37. The Balaban J connectivity index is 1.82. The van der Waals surface area contributed by atoms with Gasteiger partial charge in [0.25, 0.3) is 5.56 Å². The van der Waals surface area contributed by atoms with Crippen LogP contribution in [0.4, 0.5) is 0 Å². The SMILES string of the molecule is COc1ccc2c(c1)OC(C)(C)CC2NC(=O)Cc1c(C)[nH][nH]c1=O. The van der Waals surface area contributed by atoms with Crippen molar-refractivity contribution in [3.8, 4) is 11.5 Å². The molecular formula is C18H23N3O4. The molecule has 1 atom stereocenters. The molecule has 1 amide bonds. The van der Waals surface area contributed by atoms with Gasteiger partial charge in [0.2, 0.25) is 5.91 Å². The third kappa shape index (κ3) is 3.55. The molecule has 25 heavy (non-hydrogen) atoms. The van der Waals surface area contributed by atoms with Crippen LogP contribution in [0.25, 0.3) is 0 Å². The summed E-state index contributed by atoms with van der Waals surface area (Å²) < 4.78 is 11.3. The molecule has 1 aromatic carbocycles. The van der Waals surface area contributed by atoms with Gasteiger partial charge in [-0.25, -0.2) is 0 Å². The molecule has 1 aliphatic heterocycles. The van der Waals surface area contributed by atoms with Crippen molar-refractivity contribution in [3.05, 3.63) is 45.4 Å². The molecule has 3 rings (SSSR count). The van der Waals surface area contributed by atoms with Crippen molar-refractivity contribution in [3.63, 3.8) is 0 Å². The van der Waals surface area contributed by atoms with Gasteiger partial charge in [-0.3, -0.25) is 14.7 Å². The highest BCUT2D eigenvalue weighted by Gasteiger charge is 2.35. The Bertz CT molecular complexity index is 850. The molecule has 2 aromatic rings. The fourth-order valence-electron chi connectivity index (χ4n) is 3.18. The van der Waals surface area contributed by atoms with Crippen LogP contribution in [0.1, 0.15) is 43.1 Å². The minimum absolute atomic E-state index is 0.0357. The number of carbonyl (C=O) groups is 1. The van der Waals surface area contributed by atoms with E-state index in [2.05, 4.69) is 15.5 Å². The molecule has 1 aliphatic rings. The first-order valence-electron chi connectivity index (χ1n) is 8.21. The van der Waals surface area contributed by atoms with Crippen molar-refractivity contribution < 1.29 is 14.3 Å². The van der Waals surface area contributed by atoms with Gasteiger partial charge in [0.1, 0.15) is 17.1 Å². The number of aryl methyl sites for hydroxylation is 1. The molecule has 0 radical (unpaired) electrons. The number of fused-ring (bicyclic) bond motifs is 1. The van der Waals surface area contributed by atoms with Crippen molar-refractivity contribution in [2.75, 3.05) is 7.11 Å². The zero-order valence-corrected chi connectivity index (χ0v) is 14.9. The van der Waals surface area contributed by atoms with Crippen LogP contribution in [0.3, 0.4) is 0 Å². The molecule has 0 bridgehead atoms. The molecule has 2 heterocycles. The fourth-order valence-corrected chi connectivity index (χ4v) is 3.18. The lowest BCUT2D eigenvalue weighted by Gasteiger charge is -2.38. The number of aromatic nitrogens is 2. The van der Waals surface area contributed by atoms with Crippen molar-refractivity contribution in [2.45, 2.75) is 45.3 Å². The number of hydrogen-bond acceptors (Lipinski definition) is 4. The molecule has 1 aromatic heterocycles. The average Bonchev–Trinajstić information content (AvgIpc) is 2.85. The van der Waals surface area contributed by atoms with Crippen LogP contribution >= 0.6 is 0 Å². The number of ether oxygens (including phenoxy) is 2. The molecule has 7 nitrogen and oxygen atoms in total. The number of carbonyl (C=O) groups excluding carboxylic acids is 1. The number of amides is 1. The Kier molecular flexibility index (Phi) is 4.32. The van der Waals surface area contributed by atoms with Crippen LogP contribution in [-0.2, 0) is 11.2 Å². The molecule has 7 heteroatoms. The predicted molar refractivity (Wildman–Crippen MR) is 93.1 cm³/mol. The predicted octanol–water partition coefficient (Wildman–Crippen LogP) is 1.98. The van der Waals surface area contributed by atoms with Crippen molar-refractivity contribution in [1.82, 2.24) is 15.5 Å². The van der Waals surface area contributed by atoms with Gasteiger partial charge in [0.05, 0.1) is 19.6 Å². The number of hydrogen-bond donors (Lipinski definition) is 3. The van der Waals surface area contributed by atoms with E-state index in [1.807, 2.05) is 32.0 Å². The summed E-state index contributed by atoms with van der Waals surface area (Å²) in [6.07, 6.45) is 0.675. The third-order valence-electron chi connectivity index (χ3n) is 4.44. The van der Waals surface area contributed by atoms with E-state index in [1.165, 1.54) is 0 Å². The molecule has 3 N–H and O–H groups in total. The van der Waals surface area contributed by atoms with Gasteiger partial charge in [0.15, 0.2) is 0 Å². The van der Waals surface area contributed by atoms with E-state index in [4.69, 9.17) is 9.47 Å². The summed E-state index contributed by atoms with van der Waals surface area (Å²) in [4.78, 5) is 24.2. The first-order chi connectivity index (χ1) is 11.8. The normalized spacial score (nSPS) is 18.2. The highest BCUT2D eigenvalue weighted by molar-refractivity contribution is 5.79. The summed E-state index contributed by atoms with van der Waals surface area (Å²) >= 11 is 0. The summed E-state index contributed by atoms with van der Waals surface area (Å²) in [6, 6.07) is 5.40. The van der Waals surface area contributed by atoms with Crippen LogP contribution < -0.4 is 20.3 Å². The molecule has 0 aliphatic carbocycles. The summed E-state index contributed by atoms with van der Waals surface area (Å²) in [6.45, 7) is 5.73. The topological polar surface area (TPSA) is 96.2 Å². The monoisotopic (exact) mass is 345 g/mol. The number of aromatic amines is 2. The summed E-state index contributed by atoms with van der Waals surface area (Å²) in [5.74, 6) is 1.21. The van der Waals surface area contributed by atoms with Gasteiger partial charge in [-0.05, 0) is 32.9 Å². The Morgan fingerprint density at radius 3 is 2.80 bits per heavy atom. The highest BCUT2D eigenvalue weighted by Crippen LogP contribution is 2.41. The second-order valence-corrected chi connectivity index (χ2v) is 6.95. The van der Waals surface area contributed by atoms with E-state index in [0.29, 0.717) is 29.2 Å². The minimum Gasteiger partial charge on any atom is -0.497 e. The van der Waals surface area contributed by atoms with Gasteiger partial charge in [-0.1, -0.05) is 0 Å². The maximum Gasteiger partial charge on any atom is 0.267 e. The Labute approximate surface area is 145 Å². The summed E-state index contributed by atoms with van der Waals surface area (Å²) in [7, 11) is 1.60. The largest absolute Gasteiger partial charge is 0.497 e. The zero-order chi connectivity index (χ0) is 18.2. The van der Waals surface area contributed by atoms with E-state index in [-0.39, 0.29) is 23.9 Å². The lowest BCUT2D eigenvalue weighted by atomic mass is 9.89. The maximum atomic E-state index is 12.5. The van der Waals surface area contributed by atoms with E-state index >= 15 is 0 Å². The van der Waals surface area contributed by atoms with Crippen LogP contribution in [0.2, 0.25) is 0 Å². The lowest BCUT2D eigenvalue weighted by Crippen LogP contribution is -2.41. The smallest absolute Gasteiger partial charge is 0.267 e. The third-order valence-corrected chi connectivity index (χ3v) is 4.44. The van der Waals surface area contributed by atoms with Gasteiger partial charge in [0, 0.05) is 29.3 Å². The lowest BCUT2D eigenvalue weighted by molar-refractivity contribution is -0.121. The number of nitrogens with one attached hydrogen (secondary N) is 3. The second-order valence-electron chi connectivity index (χ2n) is 6.95. The van der Waals surface area contributed by atoms with Crippen molar-refractivity contribution in [2.24, 2.45) is 0 Å². The highest BCUT2D eigenvalue weighted by atomic mass is 16.5.